The van der Waals surface area contributed by atoms with Crippen LogP contribution in [0.15, 0.2) is 18.5 Å². The largest absolute Gasteiger partial charge is 0.338 e. The van der Waals surface area contributed by atoms with Crippen molar-refractivity contribution in [3.05, 3.63) is 29.6 Å². The van der Waals surface area contributed by atoms with E-state index in [1.807, 2.05) is 4.90 Å². The Morgan fingerprint density at radius 2 is 2.35 bits per heavy atom. The highest BCUT2D eigenvalue weighted by molar-refractivity contribution is 5.94. The Labute approximate surface area is 120 Å². The van der Waals surface area contributed by atoms with Crippen LogP contribution in [0.2, 0.25) is 0 Å². The number of carbonyl (C=O) groups is 1. The molecule has 1 fully saturated rings. The first kappa shape index (κ1) is 14.5. The SMILES string of the molecule is CC(C)C1CCN(C(=O)c2cncc(C#CCN)c2)C1. The van der Waals surface area contributed by atoms with Gasteiger partial charge in [0.1, 0.15) is 0 Å². The Morgan fingerprint density at radius 1 is 1.55 bits per heavy atom. The molecule has 106 valence electrons. The minimum atomic E-state index is 0.0528. The first-order chi connectivity index (χ1) is 9.61. The smallest absolute Gasteiger partial charge is 0.255 e. The van der Waals surface area contributed by atoms with Gasteiger partial charge in [0.25, 0.3) is 5.91 Å². The molecular formula is C16H21N3O. The van der Waals surface area contributed by atoms with Gasteiger partial charge in [-0.25, -0.2) is 0 Å². The maximum atomic E-state index is 12.5. The van der Waals surface area contributed by atoms with Crippen molar-refractivity contribution < 1.29 is 4.79 Å². The zero-order valence-electron chi connectivity index (χ0n) is 12.1. The van der Waals surface area contributed by atoms with Crippen LogP contribution in [0.3, 0.4) is 0 Å². The van der Waals surface area contributed by atoms with Crippen molar-refractivity contribution in [2.45, 2.75) is 20.3 Å². The van der Waals surface area contributed by atoms with E-state index in [0.717, 1.165) is 25.1 Å². The fourth-order valence-corrected chi connectivity index (χ4v) is 2.48. The number of nitrogens with zero attached hydrogens (tertiary/aromatic N) is 2. The van der Waals surface area contributed by atoms with E-state index >= 15 is 0 Å². The molecule has 0 aromatic carbocycles. The highest BCUT2D eigenvalue weighted by Gasteiger charge is 2.28. The van der Waals surface area contributed by atoms with Crippen LogP contribution in [-0.2, 0) is 0 Å². The van der Waals surface area contributed by atoms with Gasteiger partial charge in [-0.1, -0.05) is 25.7 Å². The molecule has 1 aliphatic heterocycles. The van der Waals surface area contributed by atoms with Crippen LogP contribution in [0.5, 0.6) is 0 Å². The van der Waals surface area contributed by atoms with Crippen molar-refractivity contribution in [2.24, 2.45) is 17.6 Å². The Balaban J connectivity index is 2.10. The van der Waals surface area contributed by atoms with Crippen molar-refractivity contribution in [1.29, 1.82) is 0 Å². The van der Waals surface area contributed by atoms with E-state index in [1.165, 1.54) is 0 Å². The number of hydrogen-bond donors (Lipinski definition) is 1. The lowest BCUT2D eigenvalue weighted by Gasteiger charge is -2.18. The molecule has 0 radical (unpaired) electrons. The predicted molar refractivity (Wildman–Crippen MR) is 79.0 cm³/mol. The number of likely N-dealkylation sites (tertiary alicyclic amines) is 1. The third-order valence-electron chi connectivity index (χ3n) is 3.77. The summed E-state index contributed by atoms with van der Waals surface area (Å²) in [6.07, 6.45) is 4.35. The van der Waals surface area contributed by atoms with E-state index in [1.54, 1.807) is 18.5 Å². The predicted octanol–water partition coefficient (Wildman–Crippen LogP) is 1.51. The van der Waals surface area contributed by atoms with Gasteiger partial charge in [0, 0.05) is 31.0 Å². The molecule has 1 saturated heterocycles. The van der Waals surface area contributed by atoms with E-state index in [-0.39, 0.29) is 5.91 Å². The fraction of sp³-hybridized carbons (Fsp3) is 0.500. The number of hydrogen-bond acceptors (Lipinski definition) is 3. The van der Waals surface area contributed by atoms with E-state index in [9.17, 15) is 4.79 Å². The first-order valence-electron chi connectivity index (χ1n) is 7.05. The molecule has 1 aromatic rings. The number of nitrogens with two attached hydrogens (primary N) is 1. The second-order valence-electron chi connectivity index (χ2n) is 5.51. The maximum Gasteiger partial charge on any atom is 0.255 e. The number of carbonyl (C=O) groups excluding carboxylic acids is 1. The summed E-state index contributed by atoms with van der Waals surface area (Å²) in [6.45, 7) is 6.41. The van der Waals surface area contributed by atoms with Gasteiger partial charge in [-0.2, -0.15) is 0 Å². The molecular weight excluding hydrogens is 250 g/mol. The van der Waals surface area contributed by atoms with Gasteiger partial charge >= 0.3 is 0 Å². The summed E-state index contributed by atoms with van der Waals surface area (Å²) < 4.78 is 0. The van der Waals surface area contributed by atoms with Gasteiger partial charge in [0.05, 0.1) is 12.1 Å². The normalized spacial score (nSPS) is 18.0. The highest BCUT2D eigenvalue weighted by Crippen LogP contribution is 2.24. The zero-order chi connectivity index (χ0) is 14.5. The van der Waals surface area contributed by atoms with Gasteiger partial charge < -0.3 is 10.6 Å². The Kier molecular flexibility index (Phi) is 4.75. The van der Waals surface area contributed by atoms with Gasteiger partial charge in [0.2, 0.25) is 0 Å². The Bertz CT molecular complexity index is 542. The molecule has 2 N–H and O–H groups in total. The van der Waals surface area contributed by atoms with Gasteiger partial charge in [-0.15, -0.1) is 0 Å². The summed E-state index contributed by atoms with van der Waals surface area (Å²) in [7, 11) is 0. The fourth-order valence-electron chi connectivity index (χ4n) is 2.48. The summed E-state index contributed by atoms with van der Waals surface area (Å²) in [5, 5.41) is 0. The number of rotatable bonds is 2. The molecule has 1 aromatic heterocycles. The monoisotopic (exact) mass is 271 g/mol. The quantitative estimate of drug-likeness (QED) is 0.829. The molecule has 0 spiro atoms. The molecule has 1 aliphatic rings. The molecule has 20 heavy (non-hydrogen) atoms. The average Bonchev–Trinajstić information content (AvgIpc) is 2.94. The molecule has 0 aliphatic carbocycles. The summed E-state index contributed by atoms with van der Waals surface area (Å²) in [5.74, 6) is 6.96. The lowest BCUT2D eigenvalue weighted by molar-refractivity contribution is 0.0783. The van der Waals surface area contributed by atoms with Crippen molar-refractivity contribution in [1.82, 2.24) is 9.88 Å². The first-order valence-corrected chi connectivity index (χ1v) is 7.05. The van der Waals surface area contributed by atoms with E-state index in [0.29, 0.717) is 23.9 Å². The van der Waals surface area contributed by atoms with Crippen molar-refractivity contribution in [3.8, 4) is 11.8 Å². The third-order valence-corrected chi connectivity index (χ3v) is 3.77. The summed E-state index contributed by atoms with van der Waals surface area (Å²) in [6, 6.07) is 1.79. The zero-order valence-corrected chi connectivity index (χ0v) is 12.1. The molecule has 2 heterocycles. The third kappa shape index (κ3) is 3.37. The highest BCUT2D eigenvalue weighted by atomic mass is 16.2. The summed E-state index contributed by atoms with van der Waals surface area (Å²) in [4.78, 5) is 18.5. The average molecular weight is 271 g/mol. The van der Waals surface area contributed by atoms with Crippen LogP contribution in [0.1, 0.15) is 36.2 Å². The molecule has 4 nitrogen and oxygen atoms in total. The van der Waals surface area contributed by atoms with E-state index < -0.39 is 0 Å². The van der Waals surface area contributed by atoms with Gasteiger partial charge in [-0.05, 0) is 24.3 Å². The molecule has 0 bridgehead atoms. The second kappa shape index (κ2) is 6.53. The van der Waals surface area contributed by atoms with Gasteiger partial charge in [0.15, 0.2) is 0 Å². The lowest BCUT2D eigenvalue weighted by atomic mass is 9.95. The standard InChI is InChI=1S/C16H21N3O/c1-12(2)14-5-7-19(11-14)16(20)15-8-13(4-3-6-17)9-18-10-15/h8-10,12,14H,5-7,11,17H2,1-2H3. The van der Waals surface area contributed by atoms with E-state index in [4.69, 9.17) is 5.73 Å². The van der Waals surface area contributed by atoms with Gasteiger partial charge in [-0.3, -0.25) is 9.78 Å². The van der Waals surface area contributed by atoms with E-state index in [2.05, 4.69) is 30.7 Å². The minimum Gasteiger partial charge on any atom is -0.338 e. The Hall–Kier alpha value is -1.86. The summed E-state index contributed by atoms with van der Waals surface area (Å²) in [5.41, 5.74) is 6.69. The van der Waals surface area contributed by atoms with Crippen molar-refractivity contribution >= 4 is 5.91 Å². The van der Waals surface area contributed by atoms with Crippen molar-refractivity contribution in [3.63, 3.8) is 0 Å². The topological polar surface area (TPSA) is 59.2 Å². The second-order valence-corrected chi connectivity index (χ2v) is 5.51. The molecule has 1 atom stereocenters. The number of pyridine rings is 1. The van der Waals surface area contributed by atoms with Crippen LogP contribution in [-0.4, -0.2) is 35.4 Å². The molecule has 0 saturated carbocycles. The van der Waals surface area contributed by atoms with Crippen LogP contribution in [0, 0.1) is 23.7 Å². The Morgan fingerprint density at radius 3 is 3.00 bits per heavy atom. The summed E-state index contributed by atoms with van der Waals surface area (Å²) >= 11 is 0. The van der Waals surface area contributed by atoms with Crippen LogP contribution in [0.4, 0.5) is 0 Å². The number of amides is 1. The van der Waals surface area contributed by atoms with Crippen LogP contribution in [0.25, 0.3) is 0 Å². The minimum absolute atomic E-state index is 0.0528. The van der Waals surface area contributed by atoms with Crippen LogP contribution < -0.4 is 5.73 Å². The molecule has 1 amide bonds. The van der Waals surface area contributed by atoms with Crippen LogP contribution >= 0.6 is 0 Å². The number of aromatic nitrogens is 1. The molecule has 4 heteroatoms. The molecule has 2 rings (SSSR count). The molecule has 1 unspecified atom stereocenters. The lowest BCUT2D eigenvalue weighted by Crippen LogP contribution is -2.29. The maximum absolute atomic E-state index is 12.5. The van der Waals surface area contributed by atoms with Crippen molar-refractivity contribution in [2.75, 3.05) is 19.6 Å².